The predicted molar refractivity (Wildman–Crippen MR) is 134 cm³/mol. The van der Waals surface area contributed by atoms with Crippen LogP contribution in [0.3, 0.4) is 0 Å². The molecule has 1 aromatic heterocycles. The zero-order valence-electron chi connectivity index (χ0n) is 20.0. The molecular weight excluding hydrogens is 443 g/mol. The Balaban J connectivity index is 1.56. The topological polar surface area (TPSA) is 51.7 Å². The van der Waals surface area contributed by atoms with Crippen molar-refractivity contribution >= 4 is 16.8 Å². The van der Waals surface area contributed by atoms with Crippen LogP contribution in [-0.2, 0) is 12.8 Å². The van der Waals surface area contributed by atoms with E-state index in [-0.39, 0.29) is 24.2 Å². The van der Waals surface area contributed by atoms with Crippen molar-refractivity contribution in [2.24, 2.45) is 0 Å². The van der Waals surface area contributed by atoms with Crippen LogP contribution in [0.25, 0.3) is 10.9 Å². The van der Waals surface area contributed by atoms with E-state index in [0.717, 1.165) is 22.0 Å². The maximum absolute atomic E-state index is 14.5. The Morgan fingerprint density at radius 3 is 2.51 bits per heavy atom. The molecule has 5 nitrogen and oxygen atoms in total. The average Bonchev–Trinajstić information content (AvgIpc) is 2.88. The van der Waals surface area contributed by atoms with Crippen LogP contribution in [0.15, 0.2) is 66.7 Å². The lowest BCUT2D eigenvalue weighted by Gasteiger charge is -2.36. The molecule has 0 radical (unpaired) electrons. The molecule has 1 unspecified atom stereocenters. The van der Waals surface area contributed by atoms with Gasteiger partial charge in [-0.1, -0.05) is 36.4 Å². The number of para-hydroxylation sites is 1. The average molecular weight is 471 g/mol. The van der Waals surface area contributed by atoms with E-state index in [1.54, 1.807) is 32.4 Å². The van der Waals surface area contributed by atoms with E-state index >= 15 is 0 Å². The number of halogens is 1. The number of carbonyl (C=O) groups is 1. The maximum Gasteiger partial charge on any atom is 0.256 e. The van der Waals surface area contributed by atoms with Gasteiger partial charge < -0.3 is 14.4 Å². The van der Waals surface area contributed by atoms with E-state index < -0.39 is 0 Å². The number of rotatable bonds is 5. The highest BCUT2D eigenvalue weighted by atomic mass is 19.1. The molecule has 0 aliphatic carbocycles. The molecule has 0 saturated heterocycles. The first-order chi connectivity index (χ1) is 17.0. The lowest BCUT2D eigenvalue weighted by Crippen LogP contribution is -2.39. The van der Waals surface area contributed by atoms with E-state index in [4.69, 9.17) is 14.5 Å². The molecule has 3 aromatic carbocycles. The second-order valence-corrected chi connectivity index (χ2v) is 8.77. The summed E-state index contributed by atoms with van der Waals surface area (Å²) in [5.74, 6) is 0.911. The van der Waals surface area contributed by atoms with E-state index in [1.807, 2.05) is 54.3 Å². The first-order valence-corrected chi connectivity index (χ1v) is 11.7. The number of methoxy groups -OCH3 is 2. The monoisotopic (exact) mass is 470 g/mol. The van der Waals surface area contributed by atoms with Gasteiger partial charge in [-0.3, -0.25) is 9.78 Å². The number of hydrogen-bond acceptors (Lipinski definition) is 4. The van der Waals surface area contributed by atoms with Crippen molar-refractivity contribution in [1.82, 2.24) is 9.88 Å². The smallest absolute Gasteiger partial charge is 0.256 e. The SMILES string of the molecule is COc1cc2c(cc1OC)C(C)N(C(=O)c1cc3ccccc3nc1Cc1ccccc1F)CC2. The molecule has 1 aliphatic heterocycles. The lowest BCUT2D eigenvalue weighted by molar-refractivity contribution is 0.0676. The normalized spacial score (nSPS) is 15.1. The standard InChI is InChI=1S/C29H27FN2O3/c1-18-22-17-28(35-3)27(34-2)16-19(22)12-13-32(18)29(33)23-14-21-9-5-7-11-25(21)31-26(23)15-20-8-4-6-10-24(20)30/h4-11,14,16-18H,12-13,15H2,1-3H3. The van der Waals surface area contributed by atoms with Crippen LogP contribution in [0.5, 0.6) is 11.5 Å². The third-order valence-corrected chi connectivity index (χ3v) is 6.79. The Bertz CT molecular complexity index is 1420. The number of aromatic nitrogens is 1. The van der Waals surface area contributed by atoms with E-state index in [0.29, 0.717) is 41.3 Å². The number of nitrogens with zero attached hydrogens (tertiary/aromatic N) is 2. The fourth-order valence-electron chi connectivity index (χ4n) is 4.87. The van der Waals surface area contributed by atoms with Crippen molar-refractivity contribution < 1.29 is 18.7 Å². The number of benzene rings is 3. The third-order valence-electron chi connectivity index (χ3n) is 6.79. The largest absolute Gasteiger partial charge is 0.493 e. The molecule has 5 rings (SSSR count). The number of carbonyl (C=O) groups excluding carboxylic acids is 1. The van der Waals surface area contributed by atoms with Gasteiger partial charge in [0.05, 0.1) is 37.0 Å². The third kappa shape index (κ3) is 4.20. The lowest BCUT2D eigenvalue weighted by atomic mass is 9.91. The zero-order chi connectivity index (χ0) is 24.5. The summed E-state index contributed by atoms with van der Waals surface area (Å²) >= 11 is 0. The quantitative estimate of drug-likeness (QED) is 0.373. The molecule has 0 spiro atoms. The number of pyridine rings is 1. The summed E-state index contributed by atoms with van der Waals surface area (Å²) in [6.07, 6.45) is 0.942. The first-order valence-electron chi connectivity index (χ1n) is 11.7. The van der Waals surface area contributed by atoms with E-state index in [9.17, 15) is 9.18 Å². The van der Waals surface area contributed by atoms with Crippen LogP contribution < -0.4 is 9.47 Å². The highest BCUT2D eigenvalue weighted by Crippen LogP contribution is 2.38. The highest BCUT2D eigenvalue weighted by molar-refractivity contribution is 5.99. The summed E-state index contributed by atoms with van der Waals surface area (Å²) in [6, 6.07) is 20.0. The van der Waals surface area contributed by atoms with Crippen molar-refractivity contribution in [3.05, 3.63) is 100 Å². The van der Waals surface area contributed by atoms with Crippen molar-refractivity contribution in [2.75, 3.05) is 20.8 Å². The van der Waals surface area contributed by atoms with E-state index in [2.05, 4.69) is 0 Å². The molecule has 1 atom stereocenters. The summed E-state index contributed by atoms with van der Waals surface area (Å²) < 4.78 is 25.5. The van der Waals surface area contributed by atoms with Gasteiger partial charge in [0.2, 0.25) is 0 Å². The van der Waals surface area contributed by atoms with Gasteiger partial charge in [-0.15, -0.1) is 0 Å². The molecule has 0 N–H and O–H groups in total. The fourth-order valence-corrected chi connectivity index (χ4v) is 4.87. The van der Waals surface area contributed by atoms with Gasteiger partial charge >= 0.3 is 0 Å². The Kier molecular flexibility index (Phi) is 6.12. The van der Waals surface area contributed by atoms with Crippen LogP contribution in [0, 0.1) is 5.82 Å². The second kappa shape index (κ2) is 9.37. The molecular formula is C29H27FN2O3. The van der Waals surface area contributed by atoms with Gasteiger partial charge in [-0.25, -0.2) is 4.39 Å². The summed E-state index contributed by atoms with van der Waals surface area (Å²) in [7, 11) is 3.23. The Hall–Kier alpha value is -3.93. The van der Waals surface area contributed by atoms with Gasteiger partial charge in [-0.2, -0.15) is 0 Å². The number of ether oxygens (including phenoxy) is 2. The molecule has 1 amide bonds. The summed E-state index contributed by atoms with van der Waals surface area (Å²) in [5.41, 5.74) is 4.54. The van der Waals surface area contributed by atoms with E-state index in [1.165, 1.54) is 6.07 Å². The van der Waals surface area contributed by atoms with Crippen LogP contribution in [-0.4, -0.2) is 36.6 Å². The maximum atomic E-state index is 14.5. The Labute approximate surface area is 204 Å². The first kappa shape index (κ1) is 22.8. The van der Waals surface area contributed by atoms with Gasteiger partial charge in [0.15, 0.2) is 11.5 Å². The number of fused-ring (bicyclic) bond motifs is 2. The van der Waals surface area contributed by atoms with Crippen molar-refractivity contribution in [2.45, 2.75) is 25.8 Å². The number of amides is 1. The van der Waals surface area contributed by atoms with Crippen LogP contribution in [0.4, 0.5) is 4.39 Å². The number of hydrogen-bond donors (Lipinski definition) is 0. The summed E-state index contributed by atoms with van der Waals surface area (Å²) in [5, 5.41) is 0.879. The van der Waals surface area contributed by atoms with Crippen molar-refractivity contribution in [3.63, 3.8) is 0 Å². The van der Waals surface area contributed by atoms with Crippen LogP contribution in [0.1, 0.15) is 45.7 Å². The molecule has 2 heterocycles. The minimum absolute atomic E-state index is 0.109. The molecule has 0 fully saturated rings. The van der Waals surface area contributed by atoms with Gasteiger partial charge in [0, 0.05) is 18.4 Å². The van der Waals surface area contributed by atoms with Crippen molar-refractivity contribution in [3.8, 4) is 11.5 Å². The summed E-state index contributed by atoms with van der Waals surface area (Å²) in [6.45, 7) is 2.58. The molecule has 0 saturated carbocycles. The molecule has 178 valence electrons. The Morgan fingerprint density at radius 2 is 1.74 bits per heavy atom. The second-order valence-electron chi connectivity index (χ2n) is 8.77. The molecule has 4 aromatic rings. The van der Waals surface area contributed by atoms with Crippen molar-refractivity contribution in [1.29, 1.82) is 0 Å². The molecule has 1 aliphatic rings. The van der Waals surface area contributed by atoms with Crippen LogP contribution >= 0.6 is 0 Å². The molecule has 35 heavy (non-hydrogen) atoms. The fraction of sp³-hybridized carbons (Fsp3) is 0.241. The Morgan fingerprint density at radius 1 is 1.03 bits per heavy atom. The summed E-state index contributed by atoms with van der Waals surface area (Å²) in [4.78, 5) is 20.6. The zero-order valence-corrected chi connectivity index (χ0v) is 20.0. The minimum Gasteiger partial charge on any atom is -0.493 e. The molecule has 0 bridgehead atoms. The predicted octanol–water partition coefficient (Wildman–Crippen LogP) is 5.74. The van der Waals surface area contributed by atoms with Gasteiger partial charge in [0.25, 0.3) is 5.91 Å². The van der Waals surface area contributed by atoms with Crippen LogP contribution in [0.2, 0.25) is 0 Å². The minimum atomic E-state index is -0.304. The van der Waals surface area contributed by atoms with Gasteiger partial charge in [0.1, 0.15) is 5.82 Å². The highest BCUT2D eigenvalue weighted by Gasteiger charge is 2.31. The molecule has 6 heteroatoms. The van der Waals surface area contributed by atoms with Gasteiger partial charge in [-0.05, 0) is 60.4 Å².